The van der Waals surface area contributed by atoms with Crippen molar-refractivity contribution in [1.82, 2.24) is 49.5 Å². The van der Waals surface area contributed by atoms with Crippen LogP contribution in [0.2, 0.25) is 15.1 Å². The summed E-state index contributed by atoms with van der Waals surface area (Å²) in [7, 11) is -4.32. The van der Waals surface area contributed by atoms with Gasteiger partial charge in [-0.1, -0.05) is 77.3 Å². The lowest BCUT2D eigenvalue weighted by Gasteiger charge is -2.43. The molecule has 0 amide bonds. The van der Waals surface area contributed by atoms with Gasteiger partial charge in [0.05, 0.1) is 89.4 Å². The third-order valence-electron chi connectivity index (χ3n) is 19.0. The second-order valence-corrected chi connectivity index (χ2v) is 42.3. The average molecular weight is 1640 g/mol. The van der Waals surface area contributed by atoms with Gasteiger partial charge in [-0.15, -0.1) is 0 Å². The summed E-state index contributed by atoms with van der Waals surface area (Å²) < 4.78 is 82.8. The Labute approximate surface area is 666 Å². The van der Waals surface area contributed by atoms with E-state index in [9.17, 15) is 22.1 Å². The van der Waals surface area contributed by atoms with Crippen LogP contribution in [0.5, 0.6) is 17.2 Å². The van der Waals surface area contributed by atoms with Crippen molar-refractivity contribution in [3.8, 4) is 28.4 Å². The molecule has 1 aliphatic carbocycles. The molecule has 4 aromatic heterocycles. The number of hydrogen-bond acceptors (Lipinski definition) is 24. The minimum absolute atomic E-state index is 0.00415. The maximum absolute atomic E-state index is 12.9. The van der Waals surface area contributed by atoms with Crippen molar-refractivity contribution in [2.75, 3.05) is 137 Å². The van der Waals surface area contributed by atoms with Gasteiger partial charge < -0.3 is 64.3 Å². The van der Waals surface area contributed by atoms with Crippen LogP contribution in [-0.4, -0.2) is 182 Å². The summed E-state index contributed by atoms with van der Waals surface area (Å²) in [6, 6.07) is 40.5. The van der Waals surface area contributed by atoms with Crippen LogP contribution >= 0.6 is 56.2 Å². The number of hydrogen-bond donors (Lipinski definition) is 5. The lowest BCUT2D eigenvalue weighted by atomic mass is 10.0. The fourth-order valence-electron chi connectivity index (χ4n) is 13.0. The SMILES string of the molecule is CC(C)Oc1cc(N2CCC(N3CCN(C4CC4)CC3)CC2)ccc1Nc1ncc(Cl)c(Nc2ccccc2P(C)(C)=O)n1.COc1cc(-c2cnn(C)c2)ccc1Nc1ncc(Cl)c(Nc2ccccc2P(C)(C)=O)n1.COc1cc(P(C)(C)=O)ccc1Nc1ncc(Cl)c(N(C)c2ccccc2S(=O)(=O)C(C)C)n1. The molecule has 0 radical (unpaired) electrons. The van der Waals surface area contributed by atoms with Crippen LogP contribution in [-0.2, 0) is 30.6 Å². The van der Waals surface area contributed by atoms with Gasteiger partial charge in [0, 0.05) is 105 Å². The third kappa shape index (κ3) is 21.3. The zero-order valence-electron chi connectivity index (χ0n) is 64.9. The van der Waals surface area contributed by atoms with E-state index in [4.69, 9.17) is 49.0 Å². The Bertz CT molecular complexity index is 5220. The summed E-state index contributed by atoms with van der Waals surface area (Å²) in [5.74, 6) is 4.00. The largest absolute Gasteiger partial charge is 0.495 e. The number of piperidine rings is 1. The van der Waals surface area contributed by atoms with Gasteiger partial charge in [0.15, 0.2) is 27.3 Å². The molecule has 25 nitrogen and oxygen atoms in total. The van der Waals surface area contributed by atoms with Gasteiger partial charge in [-0.3, -0.25) is 14.5 Å². The number of nitrogens with zero attached hydrogens (tertiary/aromatic N) is 12. The maximum Gasteiger partial charge on any atom is 0.229 e. The Kier molecular flexibility index (Phi) is 26.9. The van der Waals surface area contributed by atoms with E-state index in [1.54, 1.807) is 132 Å². The molecule has 3 aliphatic rings. The molecule has 6 aromatic carbocycles. The van der Waals surface area contributed by atoms with Crippen molar-refractivity contribution >= 4 is 157 Å². The molecule has 588 valence electrons. The minimum Gasteiger partial charge on any atom is -0.495 e. The Balaban J connectivity index is 0.000000167. The number of rotatable bonds is 25. The van der Waals surface area contributed by atoms with Gasteiger partial charge in [-0.2, -0.15) is 20.1 Å². The number of aromatic nitrogens is 8. The highest BCUT2D eigenvalue weighted by Crippen LogP contribution is 2.44. The quantitative estimate of drug-likeness (QED) is 0.0332. The van der Waals surface area contributed by atoms with Gasteiger partial charge in [0.2, 0.25) is 17.8 Å². The van der Waals surface area contributed by atoms with Crippen LogP contribution in [0.15, 0.2) is 163 Å². The van der Waals surface area contributed by atoms with E-state index in [1.807, 2.05) is 99.9 Å². The Morgan fingerprint density at radius 3 is 1.49 bits per heavy atom. The average Bonchev–Trinajstić information content (AvgIpc) is 1.71. The summed E-state index contributed by atoms with van der Waals surface area (Å²) in [4.78, 5) is 36.4. The smallest absolute Gasteiger partial charge is 0.229 e. The number of halogens is 3. The van der Waals surface area contributed by atoms with Crippen molar-refractivity contribution < 1.29 is 36.3 Å². The van der Waals surface area contributed by atoms with Gasteiger partial charge >= 0.3 is 0 Å². The molecule has 6 heterocycles. The van der Waals surface area contributed by atoms with Gasteiger partial charge in [0.25, 0.3) is 0 Å². The van der Waals surface area contributed by atoms with Crippen molar-refractivity contribution in [2.45, 2.75) is 81.7 Å². The van der Waals surface area contributed by atoms with E-state index in [-0.39, 0.29) is 22.0 Å². The summed E-state index contributed by atoms with van der Waals surface area (Å²) in [5, 5.41) is 22.8. The number of nitrogens with one attached hydrogen (secondary N) is 5. The van der Waals surface area contributed by atoms with E-state index in [0.717, 1.165) is 52.3 Å². The molecule has 2 saturated heterocycles. The second-order valence-electron chi connectivity index (χ2n) is 29.0. The summed E-state index contributed by atoms with van der Waals surface area (Å²) >= 11 is 19.2. The van der Waals surface area contributed by atoms with E-state index in [0.29, 0.717) is 90.7 Å². The molecule has 0 unspecified atom stereocenters. The number of sulfone groups is 1. The fourth-order valence-corrected chi connectivity index (χ4v) is 17.9. The predicted octanol–water partition coefficient (Wildman–Crippen LogP) is 16.8. The van der Waals surface area contributed by atoms with Crippen LogP contribution < -0.4 is 66.5 Å². The van der Waals surface area contributed by atoms with Crippen LogP contribution in [0.25, 0.3) is 11.1 Å². The zero-order valence-corrected chi connectivity index (χ0v) is 70.7. The molecule has 3 fully saturated rings. The molecule has 10 aromatic rings. The lowest BCUT2D eigenvalue weighted by Crippen LogP contribution is -2.53. The highest BCUT2D eigenvalue weighted by Gasteiger charge is 2.35. The van der Waals surface area contributed by atoms with Crippen molar-refractivity contribution in [3.05, 3.63) is 173 Å². The van der Waals surface area contributed by atoms with Crippen molar-refractivity contribution in [3.63, 3.8) is 0 Å². The molecule has 13 rings (SSSR count). The Hall–Kier alpha value is -8.80. The highest BCUT2D eigenvalue weighted by molar-refractivity contribution is 7.92. The third-order valence-corrected chi connectivity index (χ3v) is 26.7. The summed E-state index contributed by atoms with van der Waals surface area (Å²) in [6.07, 6.45) is 13.4. The normalized spacial score (nSPS) is 14.5. The first kappa shape index (κ1) is 83.1. The first-order valence-corrected chi connectivity index (χ1v) is 47.0. The van der Waals surface area contributed by atoms with E-state index in [2.05, 4.69) is 88.4 Å². The standard InChI is InChI=1S/C33H45ClN7O2P.C23H24ClN6O2P.C23H28ClN4O4PS/c1-23(2)43-30-21-26(39-15-13-25(14-16-39)41-19-17-40(18-20-41)24-9-10-24)11-12-28(30)37-33-35-22-27(34)32(38-33)36-29-7-5-6-8-31(29)44(3,4)42;1-30-14-16(12-26-30)15-9-10-18(20(11-15)32-2)28-23-25-13-17(24)22(29-23)27-19-7-5-6-8-21(19)33(3,4)31;1-15(2)34(30,31)21-10-8-7-9-19(21)28(3)22-17(24)14-25-23(27-22)26-18-12-11-16(33(5,6)29)13-20(18)32-4/h5-8,11-12,21-25H,9-10,13-20H2,1-4H3,(H2,35,36,37,38);5-14H,1-4H3,(H2,25,27,28,29);7-15H,1-6H3,(H,25,26,27). The van der Waals surface area contributed by atoms with Crippen LogP contribution in [0.4, 0.5) is 75.1 Å². The molecular weight excluding hydrogens is 1550 g/mol. The maximum atomic E-state index is 12.9. The van der Waals surface area contributed by atoms with E-state index >= 15 is 0 Å². The Morgan fingerprint density at radius 1 is 0.514 bits per heavy atom. The van der Waals surface area contributed by atoms with Gasteiger partial charge in [0.1, 0.15) is 53.7 Å². The van der Waals surface area contributed by atoms with Gasteiger partial charge in [-0.05, 0) is 178 Å². The number of piperazine rings is 1. The molecule has 2 aliphatic heterocycles. The first-order valence-electron chi connectivity index (χ1n) is 36.5. The predicted molar refractivity (Wildman–Crippen MR) is 456 cm³/mol. The molecule has 0 spiro atoms. The number of aryl methyl sites for hydroxylation is 1. The summed E-state index contributed by atoms with van der Waals surface area (Å²) in [6.45, 7) is 24.6. The van der Waals surface area contributed by atoms with Crippen LogP contribution in [0.1, 0.15) is 53.4 Å². The monoisotopic (exact) mass is 1640 g/mol. The Morgan fingerprint density at radius 2 is 0.991 bits per heavy atom. The second kappa shape index (κ2) is 35.9. The van der Waals surface area contributed by atoms with E-state index < -0.39 is 36.5 Å². The van der Waals surface area contributed by atoms with Crippen molar-refractivity contribution in [1.29, 1.82) is 0 Å². The lowest BCUT2D eigenvalue weighted by molar-refractivity contribution is 0.0809. The topological polar surface area (TPSA) is 281 Å². The first-order chi connectivity index (χ1) is 52.7. The van der Waals surface area contributed by atoms with Crippen LogP contribution in [0.3, 0.4) is 0 Å². The molecule has 0 atom stereocenters. The molecule has 5 N–H and O–H groups in total. The number of ether oxygens (including phenoxy) is 3. The molecule has 1 saturated carbocycles. The zero-order chi connectivity index (χ0) is 79.7. The molecule has 32 heteroatoms. The molecule has 111 heavy (non-hydrogen) atoms. The molecular formula is C79H97Cl3N17O8P3S. The van der Waals surface area contributed by atoms with Crippen molar-refractivity contribution in [2.24, 2.45) is 7.05 Å². The number of para-hydroxylation sites is 3. The minimum atomic E-state index is -3.54. The number of anilines is 13. The number of methoxy groups -OCH3 is 2. The van der Waals surface area contributed by atoms with E-state index in [1.165, 1.54) is 77.1 Å². The van der Waals surface area contributed by atoms with Gasteiger partial charge in [-0.25, -0.2) is 23.4 Å². The fraction of sp³-hybridized carbons (Fsp3) is 0.354. The molecule has 0 bridgehead atoms. The summed E-state index contributed by atoms with van der Waals surface area (Å²) in [5.41, 5.74) is 7.05. The highest BCUT2D eigenvalue weighted by atomic mass is 35.5. The number of benzene rings is 6. The van der Waals surface area contributed by atoms with Crippen LogP contribution in [0, 0.1) is 0 Å².